The largest absolute Gasteiger partial charge is 0.282 e. The number of carbonyl (C=O) groups excluding carboxylic acids is 1. The van der Waals surface area contributed by atoms with E-state index < -0.39 is 0 Å². The van der Waals surface area contributed by atoms with Crippen LogP contribution in [-0.2, 0) is 4.79 Å². The first-order chi connectivity index (χ1) is 13.1. The van der Waals surface area contributed by atoms with Crippen molar-refractivity contribution < 1.29 is 4.79 Å². The van der Waals surface area contributed by atoms with Gasteiger partial charge >= 0.3 is 0 Å². The molecule has 27 heavy (non-hydrogen) atoms. The topological polar surface area (TPSA) is 32.7 Å². The maximum absolute atomic E-state index is 13.2. The van der Waals surface area contributed by atoms with Gasteiger partial charge in [0, 0.05) is 5.56 Å². The van der Waals surface area contributed by atoms with Crippen molar-refractivity contribution in [1.29, 1.82) is 0 Å². The molecule has 0 N–H and O–H groups in total. The highest BCUT2D eigenvalue weighted by Crippen LogP contribution is 2.28. The van der Waals surface area contributed by atoms with Gasteiger partial charge in [-0.1, -0.05) is 72.3 Å². The number of benzene rings is 3. The van der Waals surface area contributed by atoms with E-state index in [1.54, 1.807) is 4.90 Å². The zero-order chi connectivity index (χ0) is 18.8. The van der Waals surface area contributed by atoms with Crippen LogP contribution in [0.2, 0.25) is 0 Å². The van der Waals surface area contributed by atoms with E-state index in [4.69, 9.17) is 4.99 Å². The smallest absolute Gasteiger partial charge is 0.266 e. The minimum absolute atomic E-state index is 0.111. The molecule has 0 atom stereocenters. The lowest BCUT2D eigenvalue weighted by molar-refractivity contribution is -0.113. The summed E-state index contributed by atoms with van der Waals surface area (Å²) in [7, 11) is 0. The number of amidine groups is 1. The highest BCUT2D eigenvalue weighted by molar-refractivity contribution is 6.33. The van der Waals surface area contributed by atoms with E-state index in [-0.39, 0.29) is 5.91 Å². The van der Waals surface area contributed by atoms with Crippen LogP contribution >= 0.6 is 0 Å². The first-order valence-electron chi connectivity index (χ1n) is 8.95. The molecule has 0 bridgehead atoms. The Morgan fingerprint density at radius 2 is 1.56 bits per heavy atom. The molecule has 0 saturated carbocycles. The van der Waals surface area contributed by atoms with Gasteiger partial charge in [-0.3, -0.25) is 9.69 Å². The molecular formula is C24H20N2O. The lowest BCUT2D eigenvalue weighted by atomic mass is 10.1. The molecule has 132 valence electrons. The predicted molar refractivity (Wildman–Crippen MR) is 111 cm³/mol. The van der Waals surface area contributed by atoms with Crippen LogP contribution in [0.25, 0.3) is 6.08 Å². The lowest BCUT2D eigenvalue weighted by Gasteiger charge is -2.19. The Bertz CT molecular complexity index is 1050. The fourth-order valence-electron chi connectivity index (χ4n) is 3.13. The van der Waals surface area contributed by atoms with Gasteiger partial charge in [0.15, 0.2) is 0 Å². The maximum atomic E-state index is 13.2. The quantitative estimate of drug-likeness (QED) is 0.601. The summed E-state index contributed by atoms with van der Waals surface area (Å²) >= 11 is 0. The highest BCUT2D eigenvalue weighted by atomic mass is 16.2. The second-order valence-electron chi connectivity index (χ2n) is 6.72. The molecular weight excluding hydrogens is 332 g/mol. The van der Waals surface area contributed by atoms with Gasteiger partial charge in [-0.05, 0) is 43.2 Å². The van der Waals surface area contributed by atoms with E-state index in [2.05, 4.69) is 0 Å². The molecule has 3 aromatic carbocycles. The Labute approximate surface area is 159 Å². The molecule has 0 unspecified atom stereocenters. The predicted octanol–water partition coefficient (Wildman–Crippen LogP) is 5.14. The zero-order valence-corrected chi connectivity index (χ0v) is 15.4. The SMILES string of the molecule is Cc1ccc(C2=N/C(=C/c3ccccc3)C(=O)N2c2cccc(C)c2)cc1. The minimum Gasteiger partial charge on any atom is -0.266 e. The second-order valence-corrected chi connectivity index (χ2v) is 6.72. The van der Waals surface area contributed by atoms with Gasteiger partial charge in [0.2, 0.25) is 0 Å². The molecule has 1 aliphatic rings. The number of rotatable bonds is 3. The van der Waals surface area contributed by atoms with Crippen LogP contribution in [0.1, 0.15) is 22.3 Å². The summed E-state index contributed by atoms with van der Waals surface area (Å²) in [4.78, 5) is 19.6. The average molecular weight is 352 g/mol. The van der Waals surface area contributed by atoms with Gasteiger partial charge in [-0.25, -0.2) is 4.99 Å². The molecule has 3 aromatic rings. The fourth-order valence-corrected chi connectivity index (χ4v) is 3.13. The van der Waals surface area contributed by atoms with Crippen LogP contribution in [0.3, 0.4) is 0 Å². The second kappa shape index (κ2) is 7.04. The van der Waals surface area contributed by atoms with Crippen LogP contribution in [0.5, 0.6) is 0 Å². The molecule has 1 amide bonds. The molecule has 3 nitrogen and oxygen atoms in total. The Morgan fingerprint density at radius 1 is 0.815 bits per heavy atom. The fraction of sp³-hybridized carbons (Fsp3) is 0.0833. The van der Waals surface area contributed by atoms with Crippen molar-refractivity contribution >= 4 is 23.5 Å². The molecule has 4 rings (SSSR count). The van der Waals surface area contributed by atoms with E-state index >= 15 is 0 Å². The normalized spacial score (nSPS) is 15.3. The van der Waals surface area contributed by atoms with Gasteiger partial charge in [0.05, 0.1) is 5.69 Å². The van der Waals surface area contributed by atoms with E-state index in [0.29, 0.717) is 11.5 Å². The molecule has 1 aliphatic heterocycles. The van der Waals surface area contributed by atoms with Gasteiger partial charge in [-0.2, -0.15) is 0 Å². The Morgan fingerprint density at radius 3 is 2.26 bits per heavy atom. The summed E-state index contributed by atoms with van der Waals surface area (Å²) in [5, 5.41) is 0. The number of carbonyl (C=O) groups is 1. The number of hydrogen-bond donors (Lipinski definition) is 0. The molecule has 0 aliphatic carbocycles. The molecule has 0 saturated heterocycles. The minimum atomic E-state index is -0.111. The summed E-state index contributed by atoms with van der Waals surface area (Å²) in [5.74, 6) is 0.549. The molecule has 0 fully saturated rings. The van der Waals surface area contributed by atoms with Crippen LogP contribution in [0.4, 0.5) is 5.69 Å². The number of nitrogens with zero attached hydrogens (tertiary/aromatic N) is 2. The van der Waals surface area contributed by atoms with Crippen LogP contribution < -0.4 is 4.90 Å². The van der Waals surface area contributed by atoms with Crippen molar-refractivity contribution in [3.8, 4) is 0 Å². The average Bonchev–Trinajstić information content (AvgIpc) is 2.99. The third-order valence-electron chi connectivity index (χ3n) is 4.53. The summed E-state index contributed by atoms with van der Waals surface area (Å²) in [6.07, 6.45) is 1.84. The van der Waals surface area contributed by atoms with Crippen molar-refractivity contribution in [3.63, 3.8) is 0 Å². The molecule has 3 heteroatoms. The van der Waals surface area contributed by atoms with Crippen molar-refractivity contribution in [2.24, 2.45) is 4.99 Å². The summed E-state index contributed by atoms with van der Waals surface area (Å²) in [6, 6.07) is 25.8. The summed E-state index contributed by atoms with van der Waals surface area (Å²) in [6.45, 7) is 4.07. The molecule has 0 aromatic heterocycles. The Hall–Kier alpha value is -3.46. The number of hydrogen-bond acceptors (Lipinski definition) is 2. The number of aryl methyl sites for hydroxylation is 2. The van der Waals surface area contributed by atoms with E-state index in [1.807, 2.05) is 98.8 Å². The van der Waals surface area contributed by atoms with Crippen molar-refractivity contribution in [2.45, 2.75) is 13.8 Å². The van der Waals surface area contributed by atoms with Crippen LogP contribution in [-0.4, -0.2) is 11.7 Å². The van der Waals surface area contributed by atoms with Gasteiger partial charge in [0.1, 0.15) is 11.5 Å². The first-order valence-corrected chi connectivity index (χ1v) is 8.95. The van der Waals surface area contributed by atoms with Crippen molar-refractivity contribution in [2.75, 3.05) is 4.90 Å². The lowest BCUT2D eigenvalue weighted by Crippen LogP contribution is -2.32. The third kappa shape index (κ3) is 3.44. The van der Waals surface area contributed by atoms with Crippen LogP contribution in [0, 0.1) is 13.8 Å². The molecule has 0 spiro atoms. The van der Waals surface area contributed by atoms with E-state index in [1.165, 1.54) is 5.56 Å². The van der Waals surface area contributed by atoms with Gasteiger partial charge in [-0.15, -0.1) is 0 Å². The van der Waals surface area contributed by atoms with E-state index in [0.717, 1.165) is 22.4 Å². The van der Waals surface area contributed by atoms with Crippen molar-refractivity contribution in [1.82, 2.24) is 0 Å². The molecule has 0 radical (unpaired) electrons. The standard InChI is InChI=1S/C24H20N2O/c1-17-11-13-20(14-12-17)23-25-22(16-19-8-4-3-5-9-19)24(27)26(23)21-10-6-7-18(2)15-21/h3-16H,1-2H3/b22-16+. The number of amides is 1. The Kier molecular flexibility index (Phi) is 4.43. The maximum Gasteiger partial charge on any atom is 0.282 e. The van der Waals surface area contributed by atoms with E-state index in [9.17, 15) is 4.79 Å². The number of aliphatic imine (C=N–C) groups is 1. The van der Waals surface area contributed by atoms with Gasteiger partial charge in [0.25, 0.3) is 5.91 Å². The first kappa shape index (κ1) is 17.0. The molecule has 1 heterocycles. The highest BCUT2D eigenvalue weighted by Gasteiger charge is 2.32. The third-order valence-corrected chi connectivity index (χ3v) is 4.53. The monoisotopic (exact) mass is 352 g/mol. The summed E-state index contributed by atoms with van der Waals surface area (Å²) < 4.78 is 0. The van der Waals surface area contributed by atoms with Gasteiger partial charge < -0.3 is 0 Å². The van der Waals surface area contributed by atoms with Crippen molar-refractivity contribution in [3.05, 3.63) is 107 Å². The summed E-state index contributed by atoms with van der Waals surface area (Å²) in [5.41, 5.74) is 5.43. The Balaban J connectivity index is 1.84. The zero-order valence-electron chi connectivity index (χ0n) is 15.4. The van der Waals surface area contributed by atoms with Crippen LogP contribution in [0.15, 0.2) is 89.6 Å². The number of anilines is 1.